The molecule has 2 aromatic carbocycles. The van der Waals surface area contributed by atoms with Crippen molar-refractivity contribution in [1.82, 2.24) is 5.32 Å². The molecular weight excluding hydrogens is 358 g/mol. The molecule has 1 aliphatic carbocycles. The number of carboxylic acid groups (broad SMARTS) is 1. The van der Waals surface area contributed by atoms with E-state index in [0.717, 1.165) is 11.1 Å². The molecule has 7 heteroatoms. The Morgan fingerprint density at radius 2 is 1.61 bits per heavy atom. The summed E-state index contributed by atoms with van der Waals surface area (Å²) in [6, 6.07) is 14.3. The van der Waals surface area contributed by atoms with Crippen molar-refractivity contribution in [1.29, 1.82) is 0 Å². The zero-order chi connectivity index (χ0) is 20.1. The first-order valence-electron chi connectivity index (χ1n) is 9.16. The van der Waals surface area contributed by atoms with Gasteiger partial charge >= 0.3 is 12.0 Å². The minimum atomic E-state index is -0.919. The second-order valence-corrected chi connectivity index (χ2v) is 7.00. The summed E-state index contributed by atoms with van der Waals surface area (Å²) in [6.07, 6.45) is 1.15. The summed E-state index contributed by atoms with van der Waals surface area (Å²) in [5, 5.41) is 17.4. The van der Waals surface area contributed by atoms with Crippen molar-refractivity contribution in [3.8, 4) is 0 Å². The Kier molecular flexibility index (Phi) is 5.93. The van der Waals surface area contributed by atoms with Crippen LogP contribution in [0.1, 0.15) is 24.0 Å². The molecule has 0 radical (unpaired) electrons. The number of carboxylic acids is 1. The van der Waals surface area contributed by atoms with Crippen molar-refractivity contribution in [3.63, 3.8) is 0 Å². The largest absolute Gasteiger partial charge is 0.481 e. The van der Waals surface area contributed by atoms with E-state index in [1.807, 2.05) is 37.3 Å². The predicted octanol–water partition coefficient (Wildman–Crippen LogP) is 3.37. The zero-order valence-corrected chi connectivity index (χ0v) is 15.6. The normalized spacial score (nSPS) is 17.9. The van der Waals surface area contributed by atoms with Crippen LogP contribution in [0.3, 0.4) is 0 Å². The maximum absolute atomic E-state index is 12.2. The van der Waals surface area contributed by atoms with Gasteiger partial charge in [0.05, 0.1) is 11.8 Å². The van der Waals surface area contributed by atoms with Crippen LogP contribution in [-0.4, -0.2) is 23.0 Å². The van der Waals surface area contributed by atoms with Gasteiger partial charge in [-0.25, -0.2) is 4.79 Å². The number of anilines is 2. The fourth-order valence-electron chi connectivity index (χ4n) is 3.20. The van der Waals surface area contributed by atoms with E-state index >= 15 is 0 Å². The van der Waals surface area contributed by atoms with Gasteiger partial charge in [-0.15, -0.1) is 0 Å². The molecule has 0 bridgehead atoms. The number of rotatable bonds is 6. The van der Waals surface area contributed by atoms with Gasteiger partial charge in [-0.3, -0.25) is 9.59 Å². The summed E-state index contributed by atoms with van der Waals surface area (Å²) in [7, 11) is 0. The minimum absolute atomic E-state index is 0.241. The fraction of sp³-hybridized carbons (Fsp3) is 0.286. The highest BCUT2D eigenvalue weighted by atomic mass is 16.4. The average molecular weight is 381 g/mol. The molecule has 2 aromatic rings. The first kappa shape index (κ1) is 19.4. The molecule has 0 aliphatic heterocycles. The monoisotopic (exact) mass is 381 g/mol. The molecule has 2 atom stereocenters. The van der Waals surface area contributed by atoms with Crippen LogP contribution < -0.4 is 16.0 Å². The molecule has 1 saturated carbocycles. The van der Waals surface area contributed by atoms with Crippen LogP contribution in [0.4, 0.5) is 16.2 Å². The van der Waals surface area contributed by atoms with Gasteiger partial charge in [-0.05, 0) is 55.2 Å². The Hall–Kier alpha value is -3.35. The topological polar surface area (TPSA) is 108 Å². The molecule has 4 N–H and O–H groups in total. The number of aryl methyl sites for hydroxylation is 1. The maximum Gasteiger partial charge on any atom is 0.323 e. The molecule has 3 rings (SSSR count). The second kappa shape index (κ2) is 8.56. The Balaban J connectivity index is 1.53. The Bertz CT molecular complexity index is 897. The summed E-state index contributed by atoms with van der Waals surface area (Å²) < 4.78 is 0. The van der Waals surface area contributed by atoms with E-state index in [9.17, 15) is 14.4 Å². The van der Waals surface area contributed by atoms with Gasteiger partial charge < -0.3 is 21.1 Å². The van der Waals surface area contributed by atoms with Crippen LogP contribution in [0.5, 0.6) is 0 Å². The van der Waals surface area contributed by atoms with Gasteiger partial charge in [0.15, 0.2) is 0 Å². The van der Waals surface area contributed by atoms with E-state index in [0.29, 0.717) is 24.2 Å². The molecule has 2 unspecified atom stereocenters. The highest BCUT2D eigenvalue weighted by Gasteiger charge is 2.41. The summed E-state index contributed by atoms with van der Waals surface area (Å²) in [5.74, 6) is -2.20. The van der Waals surface area contributed by atoms with Crippen molar-refractivity contribution < 1.29 is 19.5 Å². The van der Waals surface area contributed by atoms with E-state index in [4.69, 9.17) is 5.11 Å². The SMILES string of the molecule is Cc1cccc(NC(=O)Nc2cccc(CNC(=O)C3CCC3C(=O)O)c2)c1. The predicted molar refractivity (Wildman–Crippen MR) is 106 cm³/mol. The maximum atomic E-state index is 12.2. The quantitative estimate of drug-likeness (QED) is 0.615. The third-order valence-corrected chi connectivity index (χ3v) is 4.86. The lowest BCUT2D eigenvalue weighted by Gasteiger charge is -2.31. The molecule has 0 saturated heterocycles. The van der Waals surface area contributed by atoms with Crippen LogP contribution >= 0.6 is 0 Å². The molecule has 28 heavy (non-hydrogen) atoms. The van der Waals surface area contributed by atoms with E-state index in [-0.39, 0.29) is 18.5 Å². The Morgan fingerprint density at radius 3 is 2.21 bits per heavy atom. The number of hydrogen-bond donors (Lipinski definition) is 4. The van der Waals surface area contributed by atoms with Crippen LogP contribution in [0, 0.1) is 18.8 Å². The summed E-state index contributed by atoms with van der Waals surface area (Å²) in [4.78, 5) is 35.4. The number of benzene rings is 2. The van der Waals surface area contributed by atoms with Gasteiger partial charge in [0.25, 0.3) is 0 Å². The highest BCUT2D eigenvalue weighted by Crippen LogP contribution is 2.34. The van der Waals surface area contributed by atoms with Crippen molar-refractivity contribution in [2.45, 2.75) is 26.3 Å². The van der Waals surface area contributed by atoms with Crippen molar-refractivity contribution in [2.24, 2.45) is 11.8 Å². The average Bonchev–Trinajstić information content (AvgIpc) is 2.58. The molecule has 7 nitrogen and oxygen atoms in total. The molecule has 1 fully saturated rings. The van der Waals surface area contributed by atoms with Crippen LogP contribution in [-0.2, 0) is 16.1 Å². The van der Waals surface area contributed by atoms with Crippen molar-refractivity contribution in [2.75, 3.05) is 10.6 Å². The van der Waals surface area contributed by atoms with Crippen LogP contribution in [0.15, 0.2) is 48.5 Å². The minimum Gasteiger partial charge on any atom is -0.481 e. The number of hydrogen-bond acceptors (Lipinski definition) is 3. The van der Waals surface area contributed by atoms with Gasteiger partial charge in [0.1, 0.15) is 0 Å². The number of aliphatic carboxylic acids is 1. The molecular formula is C21H23N3O4. The lowest BCUT2D eigenvalue weighted by atomic mass is 9.73. The van der Waals surface area contributed by atoms with Gasteiger partial charge in [-0.1, -0.05) is 24.3 Å². The molecule has 1 aliphatic rings. The van der Waals surface area contributed by atoms with Gasteiger partial charge in [0, 0.05) is 17.9 Å². The number of urea groups is 1. The first-order chi connectivity index (χ1) is 13.4. The number of amides is 3. The number of nitrogens with one attached hydrogen (secondary N) is 3. The van der Waals surface area contributed by atoms with Gasteiger partial charge in [-0.2, -0.15) is 0 Å². The number of carbonyl (C=O) groups is 3. The fourth-order valence-corrected chi connectivity index (χ4v) is 3.20. The Morgan fingerprint density at radius 1 is 0.964 bits per heavy atom. The zero-order valence-electron chi connectivity index (χ0n) is 15.6. The molecule has 0 heterocycles. The van der Waals surface area contributed by atoms with Crippen LogP contribution in [0.25, 0.3) is 0 Å². The summed E-state index contributed by atoms with van der Waals surface area (Å²) >= 11 is 0. The highest BCUT2D eigenvalue weighted by molar-refractivity contribution is 5.99. The second-order valence-electron chi connectivity index (χ2n) is 7.00. The standard InChI is InChI=1S/C21H23N3O4/c1-13-4-2-6-15(10-13)23-21(28)24-16-7-3-5-14(11-16)12-22-19(25)17-8-9-18(17)20(26)27/h2-7,10-11,17-18H,8-9,12H2,1H3,(H,22,25)(H,26,27)(H2,23,24,28). The lowest BCUT2D eigenvalue weighted by Crippen LogP contribution is -2.43. The third kappa shape index (κ3) is 4.88. The van der Waals surface area contributed by atoms with E-state index in [1.54, 1.807) is 18.2 Å². The van der Waals surface area contributed by atoms with Crippen molar-refractivity contribution >= 4 is 29.3 Å². The van der Waals surface area contributed by atoms with Crippen LogP contribution in [0.2, 0.25) is 0 Å². The lowest BCUT2D eigenvalue weighted by molar-refractivity contribution is -0.152. The first-order valence-corrected chi connectivity index (χ1v) is 9.16. The van der Waals surface area contributed by atoms with Gasteiger partial charge in [0.2, 0.25) is 5.91 Å². The smallest absolute Gasteiger partial charge is 0.323 e. The number of carbonyl (C=O) groups excluding carboxylic acids is 2. The summed E-state index contributed by atoms with van der Waals surface area (Å²) in [6.45, 7) is 2.22. The molecule has 0 aromatic heterocycles. The Labute approximate surface area is 163 Å². The van der Waals surface area contributed by atoms with E-state index in [2.05, 4.69) is 16.0 Å². The van der Waals surface area contributed by atoms with E-state index in [1.165, 1.54) is 0 Å². The third-order valence-electron chi connectivity index (χ3n) is 4.86. The van der Waals surface area contributed by atoms with Crippen molar-refractivity contribution in [3.05, 3.63) is 59.7 Å². The molecule has 146 valence electrons. The summed E-state index contributed by atoms with van der Waals surface area (Å²) in [5.41, 5.74) is 3.17. The molecule has 0 spiro atoms. The van der Waals surface area contributed by atoms with E-state index < -0.39 is 17.8 Å². The molecule has 3 amide bonds.